The molecule has 0 spiro atoms. The van der Waals surface area contributed by atoms with Gasteiger partial charge in [-0.15, -0.1) is 0 Å². The van der Waals surface area contributed by atoms with Gasteiger partial charge < -0.3 is 28.8 Å². The summed E-state index contributed by atoms with van der Waals surface area (Å²) in [6.07, 6.45) is 0.424. The highest BCUT2D eigenvalue weighted by Crippen LogP contribution is 2.58. The van der Waals surface area contributed by atoms with E-state index in [2.05, 4.69) is 6.07 Å². The second-order valence-corrected chi connectivity index (χ2v) is 11.1. The average molecular weight is 578 g/mol. The van der Waals surface area contributed by atoms with Gasteiger partial charge in [0.15, 0.2) is 28.8 Å². The first-order valence-electron chi connectivity index (χ1n) is 13.6. The Balaban J connectivity index is 1.67. The summed E-state index contributed by atoms with van der Waals surface area (Å²) in [5.74, 6) is -0.758. The Morgan fingerprint density at radius 3 is 2.48 bits per heavy atom. The molecule has 0 amide bonds. The third-order valence-corrected chi connectivity index (χ3v) is 8.83. The number of phenols is 1. The van der Waals surface area contributed by atoms with Crippen molar-refractivity contribution in [3.63, 3.8) is 0 Å². The molecule has 12 nitrogen and oxygen atoms in total. The number of aryl methyl sites for hydroxylation is 1. The van der Waals surface area contributed by atoms with Gasteiger partial charge in [-0.1, -0.05) is 6.07 Å². The van der Waals surface area contributed by atoms with Crippen molar-refractivity contribution >= 4 is 17.7 Å². The van der Waals surface area contributed by atoms with Gasteiger partial charge >= 0.3 is 11.9 Å². The van der Waals surface area contributed by atoms with E-state index in [-0.39, 0.29) is 42.3 Å². The second-order valence-electron chi connectivity index (χ2n) is 11.1. The van der Waals surface area contributed by atoms with E-state index in [0.717, 1.165) is 11.1 Å². The molecule has 1 saturated heterocycles. The van der Waals surface area contributed by atoms with Crippen LogP contribution in [0.1, 0.15) is 64.1 Å². The number of fused-ring (bicyclic) bond motifs is 9. The molecule has 12 heteroatoms. The topological polar surface area (TPSA) is 148 Å². The Labute approximate surface area is 242 Å². The fraction of sp³-hybridized carbons (Fsp3) is 0.467. The van der Waals surface area contributed by atoms with E-state index in [1.807, 2.05) is 24.9 Å². The van der Waals surface area contributed by atoms with Crippen LogP contribution in [0.2, 0.25) is 0 Å². The minimum absolute atomic E-state index is 0.0271. The minimum Gasteiger partial charge on any atom is -0.504 e. The minimum atomic E-state index is -1.03. The van der Waals surface area contributed by atoms with Gasteiger partial charge in [0.25, 0.3) is 0 Å². The lowest BCUT2D eigenvalue weighted by molar-refractivity contribution is -0.145. The van der Waals surface area contributed by atoms with Gasteiger partial charge in [0.1, 0.15) is 18.4 Å². The summed E-state index contributed by atoms with van der Waals surface area (Å²) in [5, 5.41) is 22.1. The number of aromatic hydroxyl groups is 1. The van der Waals surface area contributed by atoms with E-state index in [4.69, 9.17) is 23.7 Å². The number of phenolic OH excluding ortho intramolecular Hbond substituents is 1. The average Bonchev–Trinajstić information content (AvgIpc) is 3.41. The van der Waals surface area contributed by atoms with Crippen molar-refractivity contribution in [1.82, 2.24) is 9.80 Å². The number of piperazine rings is 1. The molecule has 0 saturated carbocycles. The zero-order valence-electron chi connectivity index (χ0n) is 24.1. The summed E-state index contributed by atoms with van der Waals surface area (Å²) in [4.78, 5) is 42.9. The molecule has 42 heavy (non-hydrogen) atoms. The van der Waals surface area contributed by atoms with Crippen LogP contribution >= 0.6 is 0 Å². The van der Waals surface area contributed by atoms with Crippen molar-refractivity contribution in [2.24, 2.45) is 0 Å². The van der Waals surface area contributed by atoms with Crippen LogP contribution in [0.4, 0.5) is 0 Å². The molecule has 5 atom stereocenters. The predicted octanol–water partition coefficient (Wildman–Crippen LogP) is 2.65. The third kappa shape index (κ3) is 3.77. The molecule has 4 aliphatic heterocycles. The van der Waals surface area contributed by atoms with Crippen molar-refractivity contribution in [3.8, 4) is 34.8 Å². The number of hydrogen-bond donors (Lipinski definition) is 1. The first-order valence-corrected chi connectivity index (χ1v) is 13.6. The summed E-state index contributed by atoms with van der Waals surface area (Å²) >= 11 is 0. The number of ketones is 1. The lowest BCUT2D eigenvalue weighted by atomic mass is 9.71. The lowest BCUT2D eigenvalue weighted by Gasteiger charge is -2.58. The quantitative estimate of drug-likeness (QED) is 0.421. The molecule has 1 N–H and O–H groups in total. The highest BCUT2D eigenvalue weighted by molar-refractivity contribution is 6.08. The summed E-state index contributed by atoms with van der Waals surface area (Å²) in [6.45, 7) is 5.68. The van der Waals surface area contributed by atoms with E-state index < -0.39 is 41.9 Å². The van der Waals surface area contributed by atoms with Gasteiger partial charge in [0.05, 0.1) is 36.9 Å². The van der Waals surface area contributed by atoms with Gasteiger partial charge in [-0.05, 0) is 38.4 Å². The number of carbonyl (C=O) groups excluding carboxylic acids is 3. The summed E-state index contributed by atoms with van der Waals surface area (Å²) in [6, 6.07) is 0.573. The number of rotatable bonds is 4. The van der Waals surface area contributed by atoms with Gasteiger partial charge in [-0.25, -0.2) is 0 Å². The number of Topliss-reactive ketones (excluding diaryl/α,β-unsaturated/α-hetero) is 1. The van der Waals surface area contributed by atoms with Gasteiger partial charge in [0, 0.05) is 36.6 Å². The Morgan fingerprint density at radius 2 is 1.83 bits per heavy atom. The van der Waals surface area contributed by atoms with Crippen molar-refractivity contribution in [3.05, 3.63) is 39.4 Å². The monoisotopic (exact) mass is 577 g/mol. The van der Waals surface area contributed by atoms with Crippen molar-refractivity contribution in [2.75, 3.05) is 27.6 Å². The highest BCUT2D eigenvalue weighted by Gasteiger charge is 2.60. The Bertz CT molecular complexity index is 1600. The maximum Gasteiger partial charge on any atom is 0.308 e. The number of carbonyl (C=O) groups is 3. The molecule has 0 aliphatic carbocycles. The third-order valence-electron chi connectivity index (χ3n) is 8.83. The molecular formula is C30H31N3O9. The largest absolute Gasteiger partial charge is 0.504 e. The normalized spacial score (nSPS) is 25.5. The molecule has 0 radical (unpaired) electrons. The molecule has 2 aromatic rings. The number of likely N-dealkylation sites (N-methyl/N-ethyl adjacent to an activating group) is 1. The summed E-state index contributed by atoms with van der Waals surface area (Å²) in [7, 11) is 3.30. The number of nitrogens with zero attached hydrogens (tertiary/aromatic N) is 3. The standard InChI is InChI=1S/C30H31N3O9/c1-12-7-16-8-17-18(9-31)33-19(10-39-14(3)34)21-22(28(42-15(4)35)13(2)29-30(21)41-11-40-29)25(36)24(33)23(32(17)5)20(16)26(37)27(12)38-6/h7,17-19,23-24,37H,8,10-11H2,1-6H3/t17-,18+,19+,23-,24+/m1/s1. The van der Waals surface area contributed by atoms with E-state index in [1.54, 1.807) is 11.8 Å². The first kappa shape index (κ1) is 27.8. The van der Waals surface area contributed by atoms with Crippen LogP contribution < -0.4 is 18.9 Å². The van der Waals surface area contributed by atoms with Crippen LogP contribution in [-0.2, 0) is 20.7 Å². The smallest absolute Gasteiger partial charge is 0.308 e. The molecule has 220 valence electrons. The zero-order chi connectivity index (χ0) is 30.2. The van der Waals surface area contributed by atoms with Crippen molar-refractivity contribution < 1.29 is 43.2 Å². The van der Waals surface area contributed by atoms with E-state index in [0.29, 0.717) is 34.6 Å². The first-order chi connectivity index (χ1) is 20.0. The number of nitriles is 1. The predicted molar refractivity (Wildman–Crippen MR) is 145 cm³/mol. The maximum absolute atomic E-state index is 14.9. The number of ether oxygens (including phenoxy) is 5. The fourth-order valence-electron chi connectivity index (χ4n) is 7.25. The molecule has 1 fully saturated rings. The molecule has 0 aromatic heterocycles. The lowest BCUT2D eigenvalue weighted by Crippen LogP contribution is -2.70. The van der Waals surface area contributed by atoms with Crippen molar-refractivity contribution in [1.29, 1.82) is 5.26 Å². The number of methoxy groups -OCH3 is 1. The molecule has 4 heterocycles. The van der Waals surface area contributed by atoms with Crippen LogP contribution in [0, 0.1) is 25.2 Å². The SMILES string of the molecule is COc1c(C)cc2c(c1O)[C@@H]1[C@H]3C(=O)c4c(OC(C)=O)c(C)c5c(c4[C@H](COC(C)=O)N3[C@@H](C#N)[C@@H](C2)N1C)OCO5. The van der Waals surface area contributed by atoms with Crippen LogP contribution in [-0.4, -0.2) is 78.3 Å². The van der Waals surface area contributed by atoms with E-state index in [9.17, 15) is 24.8 Å². The number of esters is 2. The number of hydrogen-bond acceptors (Lipinski definition) is 12. The Kier molecular flexibility index (Phi) is 6.55. The van der Waals surface area contributed by atoms with Crippen LogP contribution in [0.15, 0.2) is 6.07 Å². The van der Waals surface area contributed by atoms with Crippen LogP contribution in [0.3, 0.4) is 0 Å². The molecule has 4 aliphatic rings. The Hall–Kier alpha value is -4.34. The van der Waals surface area contributed by atoms with Gasteiger partial charge in [-0.2, -0.15) is 5.26 Å². The zero-order valence-corrected chi connectivity index (χ0v) is 24.1. The van der Waals surface area contributed by atoms with Crippen molar-refractivity contribution in [2.45, 2.75) is 64.3 Å². The summed E-state index contributed by atoms with van der Waals surface area (Å²) in [5.41, 5.74) is 2.91. The van der Waals surface area contributed by atoms with Crippen LogP contribution in [0.5, 0.6) is 28.7 Å². The van der Waals surface area contributed by atoms with E-state index >= 15 is 0 Å². The maximum atomic E-state index is 14.9. The second kappa shape index (κ2) is 9.89. The molecule has 0 unspecified atom stereocenters. The highest BCUT2D eigenvalue weighted by atomic mass is 16.7. The van der Waals surface area contributed by atoms with Crippen LogP contribution in [0.25, 0.3) is 0 Å². The fourth-order valence-corrected chi connectivity index (χ4v) is 7.25. The molecule has 2 bridgehead atoms. The van der Waals surface area contributed by atoms with Gasteiger partial charge in [-0.3, -0.25) is 24.2 Å². The molecule has 6 rings (SSSR count). The number of benzene rings is 2. The van der Waals surface area contributed by atoms with Gasteiger partial charge in [0.2, 0.25) is 6.79 Å². The molecular weight excluding hydrogens is 546 g/mol. The molecule has 2 aromatic carbocycles. The summed E-state index contributed by atoms with van der Waals surface area (Å²) < 4.78 is 28.3. The van der Waals surface area contributed by atoms with E-state index in [1.165, 1.54) is 21.0 Å². The Morgan fingerprint density at radius 1 is 1.12 bits per heavy atom.